The van der Waals surface area contributed by atoms with E-state index in [1.807, 2.05) is 0 Å². The summed E-state index contributed by atoms with van der Waals surface area (Å²) >= 11 is 1.74. The van der Waals surface area contributed by atoms with Gasteiger partial charge in [-0.2, -0.15) is 52.7 Å². The van der Waals surface area contributed by atoms with Crippen LogP contribution in [0.25, 0.3) is 74.1 Å². The number of benzene rings is 4. The van der Waals surface area contributed by atoms with E-state index in [9.17, 15) is 52.7 Å². The summed E-state index contributed by atoms with van der Waals surface area (Å²) in [6.45, 7) is 0. The quantitative estimate of drug-likeness (QED) is 0.123. The summed E-state index contributed by atoms with van der Waals surface area (Å²) in [4.78, 5) is -3.03. The number of thiophene rings is 4. The molecule has 0 atom stereocenters. The molecule has 0 saturated heterocycles. The maximum absolute atomic E-state index is 13.7. The molecule has 266 valence electrons. The van der Waals surface area contributed by atoms with Crippen LogP contribution in [0, 0.1) is 0 Å². The van der Waals surface area contributed by atoms with Gasteiger partial charge in [0, 0.05) is 41.8 Å². The van der Waals surface area contributed by atoms with Gasteiger partial charge >= 0.3 is 24.7 Å². The molecule has 16 heteroatoms. The molecule has 0 aliphatic rings. The molecule has 0 aliphatic carbocycles. The van der Waals surface area contributed by atoms with E-state index in [1.54, 1.807) is 24.3 Å². The molecule has 8 aromatic rings. The van der Waals surface area contributed by atoms with Crippen LogP contribution in [0.5, 0.6) is 0 Å². The fourth-order valence-corrected chi connectivity index (χ4v) is 9.96. The van der Waals surface area contributed by atoms with Crippen molar-refractivity contribution < 1.29 is 52.7 Å². The first kappa shape index (κ1) is 34.9. The van der Waals surface area contributed by atoms with E-state index in [4.69, 9.17) is 0 Å². The highest BCUT2D eigenvalue weighted by atomic mass is 32.1. The predicted octanol–water partition coefficient (Wildman–Crippen LogP) is 15.6. The highest BCUT2D eigenvalue weighted by molar-refractivity contribution is 7.17. The lowest BCUT2D eigenvalue weighted by Crippen LogP contribution is -2.00. The summed E-state index contributed by atoms with van der Waals surface area (Å²) in [6.07, 6.45) is -18.7. The number of rotatable bonds is 4. The van der Waals surface area contributed by atoms with Gasteiger partial charge in [-0.3, -0.25) is 0 Å². The fraction of sp³-hybridized carbons (Fsp3) is 0.111. The van der Waals surface area contributed by atoms with Crippen LogP contribution in [0.15, 0.2) is 84.9 Å². The van der Waals surface area contributed by atoms with Crippen molar-refractivity contribution in [3.05, 3.63) is 104 Å². The second-order valence-electron chi connectivity index (χ2n) is 11.7. The molecule has 0 amide bonds. The lowest BCUT2D eigenvalue weighted by Gasteiger charge is -2.20. The van der Waals surface area contributed by atoms with Gasteiger partial charge in [0.25, 0.3) is 0 Å². The van der Waals surface area contributed by atoms with Crippen molar-refractivity contribution in [2.45, 2.75) is 24.7 Å². The van der Waals surface area contributed by atoms with Gasteiger partial charge < -0.3 is 0 Å². The Balaban J connectivity index is 1.51. The van der Waals surface area contributed by atoms with E-state index in [-0.39, 0.29) is 41.8 Å². The third-order valence-electron chi connectivity index (χ3n) is 8.50. The molecule has 4 aromatic heterocycles. The van der Waals surface area contributed by atoms with E-state index in [0.717, 1.165) is 24.3 Å². The number of hydrogen-bond acceptors (Lipinski definition) is 4. The SMILES string of the molecule is FC(F)(F)c1ccc(-c2cc(-c3ccc(C(F)(F)F)s3)c3ccc4c(-c5ccc(C(F)(F)F)s5)cc(-c5ccc(C(F)(F)F)s5)c5ccc2c3c54)s1. The second-order valence-corrected chi connectivity index (χ2v) is 16.0. The van der Waals surface area contributed by atoms with Crippen molar-refractivity contribution in [3.63, 3.8) is 0 Å². The molecule has 0 fully saturated rings. The molecule has 4 aromatic carbocycles. The molecule has 0 nitrogen and oxygen atoms in total. The third kappa shape index (κ3) is 5.83. The molecule has 0 bridgehead atoms. The molecule has 4 heterocycles. The lowest BCUT2D eigenvalue weighted by molar-refractivity contribution is -0.135. The summed E-state index contributed by atoms with van der Waals surface area (Å²) < 4.78 is 165. The average Bonchev–Trinajstić information content (AvgIpc) is 3.88. The summed E-state index contributed by atoms with van der Waals surface area (Å²) in [5.41, 5.74) is 1.05. The van der Waals surface area contributed by atoms with Crippen molar-refractivity contribution in [1.29, 1.82) is 0 Å². The fourth-order valence-electron chi connectivity index (χ4n) is 6.35. The highest BCUT2D eigenvalue weighted by Gasteiger charge is 2.36. The molecule has 52 heavy (non-hydrogen) atoms. The van der Waals surface area contributed by atoms with E-state index < -0.39 is 44.2 Å². The Labute approximate surface area is 300 Å². The van der Waals surface area contributed by atoms with Crippen LogP contribution in [0.3, 0.4) is 0 Å². The minimum Gasteiger partial charge on any atom is -0.165 e. The molecule has 0 aliphatic heterocycles. The van der Waals surface area contributed by atoms with Gasteiger partial charge in [0.05, 0.1) is 0 Å². The number of hydrogen-bond donors (Lipinski definition) is 0. The molecule has 0 saturated carbocycles. The van der Waals surface area contributed by atoms with Crippen LogP contribution in [-0.4, -0.2) is 0 Å². The molecule has 8 rings (SSSR count). The smallest absolute Gasteiger partial charge is 0.165 e. The van der Waals surface area contributed by atoms with Crippen molar-refractivity contribution in [2.75, 3.05) is 0 Å². The minimum absolute atomic E-state index is 0.153. The largest absolute Gasteiger partial charge is 0.425 e. The summed E-state index contributed by atoms with van der Waals surface area (Å²) in [5, 5.41) is 2.35. The molecule has 0 radical (unpaired) electrons. The zero-order valence-corrected chi connectivity index (χ0v) is 28.5. The Morgan fingerprint density at radius 1 is 0.288 bits per heavy atom. The molecule has 0 N–H and O–H groups in total. The maximum Gasteiger partial charge on any atom is 0.425 e. The van der Waals surface area contributed by atoms with Gasteiger partial charge in [0.1, 0.15) is 19.5 Å². The molecular weight excluding hydrogens is 789 g/mol. The monoisotopic (exact) mass is 802 g/mol. The van der Waals surface area contributed by atoms with Crippen molar-refractivity contribution in [2.24, 2.45) is 0 Å². The van der Waals surface area contributed by atoms with E-state index in [0.29, 0.717) is 77.7 Å². The summed E-state index contributed by atoms with van der Waals surface area (Å²) in [6, 6.07) is 18.0. The van der Waals surface area contributed by atoms with Gasteiger partial charge in [-0.25, -0.2) is 0 Å². The van der Waals surface area contributed by atoms with Gasteiger partial charge in [0.15, 0.2) is 0 Å². The molecule has 0 unspecified atom stereocenters. The summed E-state index contributed by atoms with van der Waals surface area (Å²) in [7, 11) is 0. The van der Waals surface area contributed by atoms with Crippen LogP contribution >= 0.6 is 45.3 Å². The van der Waals surface area contributed by atoms with Gasteiger partial charge in [-0.1, -0.05) is 24.3 Å². The van der Waals surface area contributed by atoms with Crippen LogP contribution in [0.4, 0.5) is 52.7 Å². The predicted molar refractivity (Wildman–Crippen MR) is 183 cm³/mol. The van der Waals surface area contributed by atoms with Crippen LogP contribution in [-0.2, 0) is 24.7 Å². The normalized spacial score (nSPS) is 13.4. The van der Waals surface area contributed by atoms with Gasteiger partial charge in [-0.05, 0) is 93.0 Å². The standard InChI is InChI=1S/C36H14F12S4/c37-33(38,39)27-9-5-23(49-27)19-13-21(25-7-11-29(51-25)35(43,44)45)17-3-4-18-22(26-8-12-30(52-26)36(46,47)48)14-20(16-2-1-15(19)31(17)32(16)18)24-6-10-28(50-24)34(40,41)42/h1-14H. The lowest BCUT2D eigenvalue weighted by atomic mass is 9.85. The van der Waals surface area contributed by atoms with Crippen molar-refractivity contribution in [1.82, 2.24) is 0 Å². The van der Waals surface area contributed by atoms with Crippen LogP contribution in [0.1, 0.15) is 19.5 Å². The first-order chi connectivity index (χ1) is 24.3. The van der Waals surface area contributed by atoms with E-state index in [2.05, 4.69) is 0 Å². The Hall–Kier alpha value is -4.12. The van der Waals surface area contributed by atoms with E-state index in [1.165, 1.54) is 36.4 Å². The number of alkyl halides is 12. The first-order valence-electron chi connectivity index (χ1n) is 14.8. The van der Waals surface area contributed by atoms with Crippen LogP contribution in [0.2, 0.25) is 0 Å². The summed E-state index contributed by atoms with van der Waals surface area (Å²) in [5.74, 6) is 0. The third-order valence-corrected chi connectivity index (χ3v) is 13.2. The van der Waals surface area contributed by atoms with Crippen molar-refractivity contribution >= 4 is 77.7 Å². The maximum atomic E-state index is 13.7. The first-order valence-corrected chi connectivity index (χ1v) is 18.0. The van der Waals surface area contributed by atoms with Crippen LogP contribution < -0.4 is 0 Å². The molecular formula is C36H14F12S4. The minimum atomic E-state index is -4.68. The zero-order valence-electron chi connectivity index (χ0n) is 25.3. The Bertz CT molecular complexity index is 2280. The Morgan fingerprint density at radius 2 is 0.500 bits per heavy atom. The van der Waals surface area contributed by atoms with Gasteiger partial charge in [-0.15, -0.1) is 45.3 Å². The van der Waals surface area contributed by atoms with Gasteiger partial charge in [0.2, 0.25) is 0 Å². The van der Waals surface area contributed by atoms with Crippen molar-refractivity contribution in [3.8, 4) is 41.8 Å². The average molecular weight is 803 g/mol. The van der Waals surface area contributed by atoms with E-state index >= 15 is 0 Å². The zero-order chi connectivity index (χ0) is 37.1. The molecule has 0 spiro atoms. The Kier molecular flexibility index (Phi) is 7.85. The Morgan fingerprint density at radius 3 is 0.673 bits per heavy atom. The number of halogens is 12. The topological polar surface area (TPSA) is 0 Å². The highest BCUT2D eigenvalue weighted by Crippen LogP contribution is 2.53. The second kappa shape index (κ2) is 11.7.